The summed E-state index contributed by atoms with van der Waals surface area (Å²) in [5.74, 6) is 3.55. The number of ketones is 2. The number of hydrogen-bond acceptors (Lipinski definition) is 4. The van der Waals surface area contributed by atoms with Crippen molar-refractivity contribution in [2.45, 2.75) is 85.0 Å². The highest BCUT2D eigenvalue weighted by Gasteiger charge is 2.63. The van der Waals surface area contributed by atoms with Gasteiger partial charge in [-0.1, -0.05) is 20.8 Å². The molecular formula is C25H38O4. The molecule has 0 aromatic rings. The van der Waals surface area contributed by atoms with Crippen LogP contribution in [0.25, 0.3) is 0 Å². The summed E-state index contributed by atoms with van der Waals surface area (Å²) in [7, 11) is 1.44. The molecule has 0 saturated heterocycles. The first-order valence-electron chi connectivity index (χ1n) is 11.8. The number of ether oxygens (including phenoxy) is 1. The Balaban J connectivity index is 1.55. The molecule has 0 spiro atoms. The van der Waals surface area contributed by atoms with Crippen molar-refractivity contribution in [3.63, 3.8) is 0 Å². The second-order valence-corrected chi connectivity index (χ2v) is 11.1. The highest BCUT2D eigenvalue weighted by Crippen LogP contribution is 2.67. The molecule has 0 amide bonds. The van der Waals surface area contributed by atoms with E-state index in [0.29, 0.717) is 66.3 Å². The Morgan fingerprint density at radius 1 is 1.10 bits per heavy atom. The van der Waals surface area contributed by atoms with Crippen LogP contribution in [0.4, 0.5) is 0 Å². The predicted octanol–water partition coefficient (Wildman–Crippen LogP) is 4.98. The summed E-state index contributed by atoms with van der Waals surface area (Å²) in [5, 5.41) is 0. The van der Waals surface area contributed by atoms with E-state index < -0.39 is 0 Å². The summed E-state index contributed by atoms with van der Waals surface area (Å²) in [6.07, 6.45) is 9.00. The van der Waals surface area contributed by atoms with E-state index in [1.807, 2.05) is 0 Å². The molecule has 0 radical (unpaired) electrons. The molecule has 4 saturated carbocycles. The summed E-state index contributed by atoms with van der Waals surface area (Å²) in [6, 6.07) is 0. The maximum absolute atomic E-state index is 13.7. The average Bonchev–Trinajstić information content (AvgIpc) is 3.06. The number of carbonyl (C=O) groups excluding carboxylic acids is 3. The van der Waals surface area contributed by atoms with Crippen LogP contribution in [-0.4, -0.2) is 24.6 Å². The van der Waals surface area contributed by atoms with E-state index in [1.165, 1.54) is 13.5 Å². The molecule has 162 valence electrons. The van der Waals surface area contributed by atoms with Crippen molar-refractivity contribution in [1.29, 1.82) is 0 Å². The molecule has 0 aliphatic heterocycles. The van der Waals surface area contributed by atoms with Crippen LogP contribution in [0.2, 0.25) is 0 Å². The SMILES string of the molecule is COC(=O)CC[C@@H](C)[C@H]1CC[C@H]2[C@@H]3CC[C@@H]4CC(=O)CC[C@]4(C)[C@H]3CC(=O)[C@]12C. The van der Waals surface area contributed by atoms with Gasteiger partial charge in [-0.15, -0.1) is 0 Å². The fourth-order valence-corrected chi connectivity index (χ4v) is 8.34. The Hall–Kier alpha value is -1.19. The molecule has 0 heterocycles. The van der Waals surface area contributed by atoms with Crippen molar-refractivity contribution >= 4 is 17.5 Å². The van der Waals surface area contributed by atoms with Crippen LogP contribution >= 0.6 is 0 Å². The van der Waals surface area contributed by atoms with Gasteiger partial charge >= 0.3 is 5.97 Å². The Bertz CT molecular complexity index is 699. The smallest absolute Gasteiger partial charge is 0.305 e. The van der Waals surface area contributed by atoms with Crippen molar-refractivity contribution in [1.82, 2.24) is 0 Å². The third-order valence-corrected chi connectivity index (χ3v) is 10.1. The molecular weight excluding hydrogens is 364 g/mol. The zero-order valence-electron chi connectivity index (χ0n) is 18.7. The average molecular weight is 403 g/mol. The van der Waals surface area contributed by atoms with E-state index in [2.05, 4.69) is 20.8 Å². The lowest BCUT2D eigenvalue weighted by Crippen LogP contribution is -2.57. The van der Waals surface area contributed by atoms with Crippen LogP contribution in [0.5, 0.6) is 0 Å². The van der Waals surface area contributed by atoms with Gasteiger partial charge in [0.2, 0.25) is 0 Å². The third-order valence-electron chi connectivity index (χ3n) is 10.1. The first-order valence-corrected chi connectivity index (χ1v) is 11.8. The molecule has 0 aromatic heterocycles. The molecule has 4 nitrogen and oxygen atoms in total. The van der Waals surface area contributed by atoms with Gasteiger partial charge in [0, 0.05) is 31.1 Å². The number of methoxy groups -OCH3 is 1. The molecule has 0 aromatic carbocycles. The zero-order chi connectivity index (χ0) is 21.0. The van der Waals surface area contributed by atoms with Gasteiger partial charge in [-0.05, 0) is 79.4 Å². The minimum atomic E-state index is -0.232. The van der Waals surface area contributed by atoms with Crippen LogP contribution in [0.15, 0.2) is 0 Å². The molecule has 4 aliphatic rings. The largest absolute Gasteiger partial charge is 0.469 e. The number of carbonyl (C=O) groups is 3. The molecule has 4 aliphatic carbocycles. The second kappa shape index (κ2) is 7.50. The fourth-order valence-electron chi connectivity index (χ4n) is 8.34. The summed E-state index contributed by atoms with van der Waals surface area (Å²) in [6.45, 7) is 6.87. The number of rotatable bonds is 4. The van der Waals surface area contributed by atoms with Gasteiger partial charge in [-0.25, -0.2) is 0 Å². The van der Waals surface area contributed by atoms with Gasteiger partial charge in [0.05, 0.1) is 7.11 Å². The zero-order valence-corrected chi connectivity index (χ0v) is 18.7. The predicted molar refractivity (Wildman–Crippen MR) is 111 cm³/mol. The van der Waals surface area contributed by atoms with E-state index >= 15 is 0 Å². The molecule has 0 N–H and O–H groups in total. The monoisotopic (exact) mass is 402 g/mol. The highest BCUT2D eigenvalue weighted by atomic mass is 16.5. The summed E-state index contributed by atoms with van der Waals surface area (Å²) in [4.78, 5) is 37.4. The van der Waals surface area contributed by atoms with E-state index in [4.69, 9.17) is 4.74 Å². The Kier molecular flexibility index (Phi) is 5.44. The van der Waals surface area contributed by atoms with Crippen LogP contribution in [0.3, 0.4) is 0 Å². The Morgan fingerprint density at radius 2 is 1.86 bits per heavy atom. The van der Waals surface area contributed by atoms with Gasteiger partial charge in [0.25, 0.3) is 0 Å². The minimum Gasteiger partial charge on any atom is -0.469 e. The molecule has 4 heteroatoms. The first kappa shape index (κ1) is 21.1. The van der Waals surface area contributed by atoms with Gasteiger partial charge in [0.15, 0.2) is 0 Å². The highest BCUT2D eigenvalue weighted by molar-refractivity contribution is 5.87. The van der Waals surface area contributed by atoms with Crippen molar-refractivity contribution < 1.29 is 19.1 Å². The molecule has 8 atom stereocenters. The lowest BCUT2D eigenvalue weighted by atomic mass is 9.44. The maximum atomic E-state index is 13.7. The quantitative estimate of drug-likeness (QED) is 0.622. The van der Waals surface area contributed by atoms with Crippen molar-refractivity contribution in [3.8, 4) is 0 Å². The fraction of sp³-hybridized carbons (Fsp3) is 0.880. The van der Waals surface area contributed by atoms with E-state index in [0.717, 1.165) is 38.5 Å². The van der Waals surface area contributed by atoms with Gasteiger partial charge < -0.3 is 4.74 Å². The van der Waals surface area contributed by atoms with Crippen molar-refractivity contribution in [3.05, 3.63) is 0 Å². The van der Waals surface area contributed by atoms with Gasteiger partial charge in [-0.2, -0.15) is 0 Å². The number of hydrogen-bond donors (Lipinski definition) is 0. The second-order valence-electron chi connectivity index (χ2n) is 11.1. The van der Waals surface area contributed by atoms with Gasteiger partial charge in [-0.3, -0.25) is 14.4 Å². The maximum Gasteiger partial charge on any atom is 0.305 e. The van der Waals surface area contributed by atoms with Crippen LogP contribution in [0.1, 0.15) is 85.0 Å². The molecule has 4 fully saturated rings. The molecule has 0 bridgehead atoms. The number of esters is 1. The first-order chi connectivity index (χ1) is 13.7. The molecule has 0 unspecified atom stereocenters. The minimum absolute atomic E-state index is 0.148. The van der Waals surface area contributed by atoms with Gasteiger partial charge in [0.1, 0.15) is 11.6 Å². The Labute approximate surface area is 175 Å². The van der Waals surface area contributed by atoms with E-state index in [-0.39, 0.29) is 16.8 Å². The van der Waals surface area contributed by atoms with E-state index in [1.54, 1.807) is 0 Å². The summed E-state index contributed by atoms with van der Waals surface area (Å²) >= 11 is 0. The third kappa shape index (κ3) is 3.20. The number of fused-ring (bicyclic) bond motifs is 5. The molecule has 4 rings (SSSR count). The van der Waals surface area contributed by atoms with Crippen molar-refractivity contribution in [2.75, 3.05) is 7.11 Å². The van der Waals surface area contributed by atoms with Crippen LogP contribution in [0, 0.1) is 46.3 Å². The summed E-state index contributed by atoms with van der Waals surface area (Å²) < 4.78 is 4.83. The lowest BCUT2D eigenvalue weighted by molar-refractivity contribution is -0.159. The van der Waals surface area contributed by atoms with Crippen molar-refractivity contribution in [2.24, 2.45) is 46.3 Å². The van der Waals surface area contributed by atoms with E-state index in [9.17, 15) is 14.4 Å². The van der Waals surface area contributed by atoms with Crippen LogP contribution < -0.4 is 0 Å². The topological polar surface area (TPSA) is 60.4 Å². The lowest BCUT2D eigenvalue weighted by Gasteiger charge is -2.59. The summed E-state index contributed by atoms with van der Waals surface area (Å²) in [5.41, 5.74) is -0.0627. The normalized spacial score (nSPS) is 45.2. The Morgan fingerprint density at radius 3 is 2.59 bits per heavy atom. The van der Waals surface area contributed by atoms with Crippen LogP contribution in [-0.2, 0) is 19.1 Å². The number of Topliss-reactive ketones (excluding diaryl/α,β-unsaturated/α-hetero) is 2. The molecule has 29 heavy (non-hydrogen) atoms. The standard InChI is InChI=1S/C25H38O4/c1-15(5-10-23(28)29-4)19-8-9-20-18-7-6-16-13-17(26)11-12-24(16,2)21(18)14-22(27)25(19,20)3/h15-16,18-21H,5-14H2,1-4H3/t15-,16-,18+,19-,20+,21+,24+,25-/m1/s1.